The van der Waals surface area contributed by atoms with Crippen molar-refractivity contribution in [1.29, 1.82) is 0 Å². The maximum absolute atomic E-state index is 11.4. The van der Waals surface area contributed by atoms with Gasteiger partial charge in [-0.2, -0.15) is 0 Å². The smallest absolute Gasteiger partial charge is 0.340 e. The molecule has 18 heavy (non-hydrogen) atoms. The fourth-order valence-corrected chi connectivity index (χ4v) is 2.21. The zero-order valence-corrected chi connectivity index (χ0v) is 10.1. The maximum atomic E-state index is 11.4. The van der Waals surface area contributed by atoms with E-state index in [0.717, 1.165) is 0 Å². The van der Waals surface area contributed by atoms with Crippen LogP contribution in [0.1, 0.15) is 18.4 Å². The van der Waals surface area contributed by atoms with Crippen molar-refractivity contribution >= 4 is 23.5 Å². The number of rotatable bonds is 3. The first-order valence-corrected chi connectivity index (χ1v) is 5.73. The summed E-state index contributed by atoms with van der Waals surface area (Å²) in [5, 5.41) is 18.7. The number of halogens is 1. The molecule has 1 aliphatic heterocycles. The molecule has 1 aromatic rings. The largest absolute Gasteiger partial charge is 0.479 e. The molecule has 1 fully saturated rings. The summed E-state index contributed by atoms with van der Waals surface area (Å²) < 4.78 is 5.26. The molecule has 2 rings (SSSR count). The summed E-state index contributed by atoms with van der Waals surface area (Å²) in [4.78, 5) is 22.3. The predicted molar refractivity (Wildman–Crippen MR) is 62.5 cm³/mol. The average molecular weight is 271 g/mol. The predicted octanol–water partition coefficient (Wildman–Crippen LogP) is 1.88. The molecule has 1 aliphatic rings. The molecule has 1 heterocycles. The molecule has 0 aliphatic carbocycles. The molecular weight excluding hydrogens is 260 g/mol. The van der Waals surface area contributed by atoms with Gasteiger partial charge in [0.1, 0.15) is 0 Å². The summed E-state index contributed by atoms with van der Waals surface area (Å²) in [7, 11) is 0. The van der Waals surface area contributed by atoms with Gasteiger partial charge in [-0.15, -0.1) is 0 Å². The summed E-state index contributed by atoms with van der Waals surface area (Å²) in [6.07, 6.45) is -0.789. The molecule has 96 valence electrons. The van der Waals surface area contributed by atoms with Gasteiger partial charge in [0, 0.05) is 5.02 Å². The standard InChI is InChI=1S/C12H11ClO5/c13-8-3-1-7(2-4-8)12(11(16)17)6-5-9(18-12)10(14)15/h1-4,9H,5-6H2,(H,14,15)(H,16,17)/t9-,12-/m0/s1. The van der Waals surface area contributed by atoms with Crippen LogP contribution in [0, 0.1) is 0 Å². The number of hydrogen-bond acceptors (Lipinski definition) is 3. The minimum absolute atomic E-state index is 0.126. The van der Waals surface area contributed by atoms with Gasteiger partial charge >= 0.3 is 11.9 Å². The molecule has 0 aromatic heterocycles. The third-order valence-corrected chi connectivity index (χ3v) is 3.29. The number of aliphatic carboxylic acids is 2. The topological polar surface area (TPSA) is 83.8 Å². The van der Waals surface area contributed by atoms with E-state index in [0.29, 0.717) is 10.6 Å². The van der Waals surface area contributed by atoms with Crippen LogP contribution < -0.4 is 0 Å². The normalized spacial score (nSPS) is 27.1. The number of carbonyl (C=O) groups is 2. The van der Waals surface area contributed by atoms with E-state index in [2.05, 4.69) is 0 Å². The highest BCUT2D eigenvalue weighted by atomic mass is 35.5. The van der Waals surface area contributed by atoms with E-state index in [-0.39, 0.29) is 12.8 Å². The molecule has 1 aromatic carbocycles. The Morgan fingerprint density at radius 2 is 1.89 bits per heavy atom. The third kappa shape index (κ3) is 2.07. The molecule has 1 saturated heterocycles. The molecule has 2 N–H and O–H groups in total. The SMILES string of the molecule is O=C(O)[C@@H]1CC[C@@](C(=O)O)(c2ccc(Cl)cc2)O1. The zero-order chi connectivity index (χ0) is 13.3. The van der Waals surface area contributed by atoms with Gasteiger partial charge in [-0.3, -0.25) is 0 Å². The van der Waals surface area contributed by atoms with Crippen LogP contribution in [0.4, 0.5) is 0 Å². The number of ether oxygens (including phenoxy) is 1. The molecule has 6 heteroatoms. The van der Waals surface area contributed by atoms with Gasteiger partial charge < -0.3 is 14.9 Å². The van der Waals surface area contributed by atoms with Gasteiger partial charge in [-0.25, -0.2) is 9.59 Å². The van der Waals surface area contributed by atoms with Crippen molar-refractivity contribution in [2.75, 3.05) is 0 Å². The second-order valence-corrected chi connectivity index (χ2v) is 4.56. The van der Waals surface area contributed by atoms with Gasteiger partial charge in [0.15, 0.2) is 11.7 Å². The van der Waals surface area contributed by atoms with Crippen molar-refractivity contribution in [3.63, 3.8) is 0 Å². The summed E-state index contributed by atoms with van der Waals surface area (Å²) in [6.45, 7) is 0. The van der Waals surface area contributed by atoms with Crippen LogP contribution in [0.25, 0.3) is 0 Å². The quantitative estimate of drug-likeness (QED) is 0.876. The minimum Gasteiger partial charge on any atom is -0.479 e. The van der Waals surface area contributed by atoms with Gasteiger partial charge in [-0.1, -0.05) is 23.7 Å². The van der Waals surface area contributed by atoms with Crippen molar-refractivity contribution in [3.05, 3.63) is 34.9 Å². The lowest BCUT2D eigenvalue weighted by atomic mass is 9.91. The highest BCUT2D eigenvalue weighted by Crippen LogP contribution is 2.40. The van der Waals surface area contributed by atoms with Gasteiger partial charge in [-0.05, 0) is 30.5 Å². The Kier molecular flexibility index (Phi) is 3.28. The number of carboxylic acids is 2. The average Bonchev–Trinajstić information content (AvgIpc) is 2.76. The Morgan fingerprint density at radius 3 is 2.33 bits per heavy atom. The molecule has 0 spiro atoms. The first-order chi connectivity index (χ1) is 8.45. The van der Waals surface area contributed by atoms with Crippen LogP contribution in [0.2, 0.25) is 5.02 Å². The van der Waals surface area contributed by atoms with Crippen LogP contribution in [0.3, 0.4) is 0 Å². The lowest BCUT2D eigenvalue weighted by Gasteiger charge is -2.24. The fraction of sp³-hybridized carbons (Fsp3) is 0.333. The molecule has 0 saturated carbocycles. The Bertz CT molecular complexity index is 484. The van der Waals surface area contributed by atoms with Crippen LogP contribution in [0.15, 0.2) is 24.3 Å². The lowest BCUT2D eigenvalue weighted by molar-refractivity contribution is -0.172. The fourth-order valence-electron chi connectivity index (χ4n) is 2.08. The Morgan fingerprint density at radius 1 is 1.28 bits per heavy atom. The van der Waals surface area contributed by atoms with Gasteiger partial charge in [0.25, 0.3) is 0 Å². The molecule has 0 bridgehead atoms. The second-order valence-electron chi connectivity index (χ2n) is 4.12. The monoisotopic (exact) mass is 270 g/mol. The van der Waals surface area contributed by atoms with Crippen molar-refractivity contribution in [1.82, 2.24) is 0 Å². The molecular formula is C12H11ClO5. The Balaban J connectivity index is 2.38. The Hall–Kier alpha value is -1.59. The first-order valence-electron chi connectivity index (χ1n) is 5.36. The van der Waals surface area contributed by atoms with E-state index in [4.69, 9.17) is 21.4 Å². The van der Waals surface area contributed by atoms with Crippen LogP contribution >= 0.6 is 11.6 Å². The number of hydrogen-bond donors (Lipinski definition) is 2. The van der Waals surface area contributed by atoms with Crippen LogP contribution in [-0.4, -0.2) is 28.3 Å². The number of carboxylic acid groups (broad SMARTS) is 2. The van der Waals surface area contributed by atoms with Crippen molar-refractivity contribution < 1.29 is 24.5 Å². The lowest BCUT2D eigenvalue weighted by Crippen LogP contribution is -2.37. The van der Waals surface area contributed by atoms with E-state index in [1.165, 1.54) is 0 Å². The van der Waals surface area contributed by atoms with Gasteiger partial charge in [0.05, 0.1) is 0 Å². The van der Waals surface area contributed by atoms with Crippen molar-refractivity contribution in [3.8, 4) is 0 Å². The van der Waals surface area contributed by atoms with Gasteiger partial charge in [0.2, 0.25) is 0 Å². The van der Waals surface area contributed by atoms with Crippen LogP contribution in [0.5, 0.6) is 0 Å². The zero-order valence-electron chi connectivity index (χ0n) is 9.30. The Labute approximate surface area is 108 Å². The van der Waals surface area contributed by atoms with E-state index >= 15 is 0 Å². The van der Waals surface area contributed by atoms with Crippen LogP contribution in [-0.2, 0) is 19.9 Å². The molecule has 2 atom stereocenters. The molecule has 0 unspecified atom stereocenters. The van der Waals surface area contributed by atoms with Crippen molar-refractivity contribution in [2.24, 2.45) is 0 Å². The molecule has 0 radical (unpaired) electrons. The minimum atomic E-state index is -1.59. The summed E-state index contributed by atoms with van der Waals surface area (Å²) in [5.74, 6) is -2.33. The van der Waals surface area contributed by atoms with E-state index in [1.807, 2.05) is 0 Å². The van der Waals surface area contributed by atoms with Crippen molar-refractivity contribution in [2.45, 2.75) is 24.5 Å². The summed E-state index contributed by atoms with van der Waals surface area (Å²) in [6, 6.07) is 6.19. The summed E-state index contributed by atoms with van der Waals surface area (Å²) in [5.41, 5.74) is -1.18. The molecule has 5 nitrogen and oxygen atoms in total. The summed E-state index contributed by atoms with van der Waals surface area (Å²) >= 11 is 5.74. The molecule has 0 amide bonds. The second kappa shape index (κ2) is 4.59. The first kappa shape index (κ1) is 12.9. The third-order valence-electron chi connectivity index (χ3n) is 3.03. The van der Waals surface area contributed by atoms with E-state index in [1.54, 1.807) is 24.3 Å². The van der Waals surface area contributed by atoms with E-state index in [9.17, 15) is 14.7 Å². The highest BCUT2D eigenvalue weighted by Gasteiger charge is 2.50. The van der Waals surface area contributed by atoms with E-state index < -0.39 is 23.6 Å². The maximum Gasteiger partial charge on any atom is 0.340 e. The highest BCUT2D eigenvalue weighted by molar-refractivity contribution is 6.30. The number of benzene rings is 1.